The van der Waals surface area contributed by atoms with E-state index in [1.807, 2.05) is 0 Å². The van der Waals surface area contributed by atoms with Crippen molar-refractivity contribution >= 4 is 23.2 Å². The van der Waals surface area contributed by atoms with Gasteiger partial charge in [0.2, 0.25) is 5.91 Å². The maximum absolute atomic E-state index is 13.4. The van der Waals surface area contributed by atoms with Gasteiger partial charge in [-0.15, -0.1) is 13.2 Å². The molecule has 6 nitrogen and oxygen atoms in total. The minimum absolute atomic E-state index is 0.202. The molecule has 2 aliphatic rings. The van der Waals surface area contributed by atoms with E-state index in [-0.39, 0.29) is 5.69 Å². The number of hydrogen-bond acceptors (Lipinski definition) is 5. The van der Waals surface area contributed by atoms with Gasteiger partial charge in [-0.05, 0) is 54.1 Å². The third-order valence-electron chi connectivity index (χ3n) is 5.67. The fraction of sp³-hybridized carbons (Fsp3) is 0.167. The predicted molar refractivity (Wildman–Crippen MR) is 112 cm³/mol. The number of carbonyl (C=O) groups is 2. The zero-order chi connectivity index (χ0) is 24.0. The van der Waals surface area contributed by atoms with E-state index in [1.165, 1.54) is 29.3 Å². The minimum Gasteiger partial charge on any atom is -0.406 e. The van der Waals surface area contributed by atoms with Crippen molar-refractivity contribution in [2.45, 2.75) is 18.5 Å². The summed E-state index contributed by atoms with van der Waals surface area (Å²) in [6.45, 7) is 0. The molecule has 0 aliphatic carbocycles. The van der Waals surface area contributed by atoms with E-state index in [9.17, 15) is 27.2 Å². The van der Waals surface area contributed by atoms with Crippen molar-refractivity contribution in [3.63, 3.8) is 0 Å². The second-order valence-corrected chi connectivity index (χ2v) is 7.76. The number of para-hydroxylation sites is 1. The van der Waals surface area contributed by atoms with E-state index < -0.39 is 47.8 Å². The first kappa shape index (κ1) is 21.9. The molecule has 5 rings (SSSR count). The largest absolute Gasteiger partial charge is 0.573 e. The van der Waals surface area contributed by atoms with Crippen LogP contribution in [-0.4, -0.2) is 24.3 Å². The molecule has 0 bridgehead atoms. The molecule has 0 spiro atoms. The third kappa shape index (κ3) is 3.86. The van der Waals surface area contributed by atoms with Gasteiger partial charge in [0, 0.05) is 0 Å². The van der Waals surface area contributed by atoms with Crippen molar-refractivity contribution in [3.8, 4) is 5.75 Å². The number of nitrogens with zero attached hydrogens (tertiary/aromatic N) is 2. The van der Waals surface area contributed by atoms with Crippen LogP contribution < -0.4 is 14.7 Å². The molecular formula is C24H16F4N2O4. The molecule has 0 aromatic heterocycles. The Morgan fingerprint density at radius 2 is 1.44 bits per heavy atom. The van der Waals surface area contributed by atoms with E-state index in [0.29, 0.717) is 11.3 Å². The van der Waals surface area contributed by atoms with Crippen LogP contribution in [0.5, 0.6) is 5.75 Å². The van der Waals surface area contributed by atoms with Gasteiger partial charge in [-0.3, -0.25) is 14.4 Å². The summed E-state index contributed by atoms with van der Waals surface area (Å²) in [6.07, 6.45) is -6.00. The number of imide groups is 1. The van der Waals surface area contributed by atoms with Gasteiger partial charge < -0.3 is 4.74 Å². The summed E-state index contributed by atoms with van der Waals surface area (Å²) in [5.74, 6) is -3.08. The molecular weight excluding hydrogens is 456 g/mol. The lowest BCUT2D eigenvalue weighted by molar-refractivity contribution is -0.274. The van der Waals surface area contributed by atoms with E-state index in [0.717, 1.165) is 29.2 Å². The highest BCUT2D eigenvalue weighted by atomic mass is 19.4. The molecule has 3 unspecified atom stereocenters. The van der Waals surface area contributed by atoms with Gasteiger partial charge >= 0.3 is 6.36 Å². The van der Waals surface area contributed by atoms with Crippen LogP contribution in [0.2, 0.25) is 0 Å². The average Bonchev–Trinajstić information content (AvgIpc) is 3.31. The van der Waals surface area contributed by atoms with Crippen molar-refractivity contribution < 1.29 is 36.7 Å². The number of halogens is 4. The summed E-state index contributed by atoms with van der Waals surface area (Å²) in [5, 5.41) is 1.42. The Hall–Kier alpha value is -3.92. The molecule has 0 radical (unpaired) electrons. The molecule has 174 valence electrons. The van der Waals surface area contributed by atoms with Crippen molar-refractivity contribution in [3.05, 3.63) is 90.2 Å². The molecule has 2 fully saturated rings. The number of benzene rings is 3. The monoisotopic (exact) mass is 472 g/mol. The van der Waals surface area contributed by atoms with Gasteiger partial charge in [-0.2, -0.15) is 0 Å². The van der Waals surface area contributed by atoms with E-state index in [1.54, 1.807) is 30.3 Å². The number of anilines is 2. The molecule has 2 amide bonds. The Labute approximate surface area is 190 Å². The molecule has 3 atom stereocenters. The Kier molecular flexibility index (Phi) is 5.24. The van der Waals surface area contributed by atoms with Gasteiger partial charge in [-0.1, -0.05) is 30.3 Å². The van der Waals surface area contributed by atoms with Crippen LogP contribution >= 0.6 is 0 Å². The predicted octanol–water partition coefficient (Wildman–Crippen LogP) is 4.78. The third-order valence-corrected chi connectivity index (χ3v) is 5.67. The number of carbonyl (C=O) groups excluding carboxylic acids is 2. The second-order valence-electron chi connectivity index (χ2n) is 7.76. The maximum Gasteiger partial charge on any atom is 0.573 e. The van der Waals surface area contributed by atoms with Crippen molar-refractivity contribution in [1.29, 1.82) is 0 Å². The van der Waals surface area contributed by atoms with Crippen LogP contribution in [0.25, 0.3) is 0 Å². The first-order chi connectivity index (χ1) is 16.2. The van der Waals surface area contributed by atoms with Gasteiger partial charge in [0.05, 0.1) is 17.4 Å². The zero-order valence-electron chi connectivity index (χ0n) is 17.3. The van der Waals surface area contributed by atoms with E-state index in [2.05, 4.69) is 4.74 Å². The summed E-state index contributed by atoms with van der Waals surface area (Å²) in [4.78, 5) is 33.5. The van der Waals surface area contributed by atoms with Crippen LogP contribution in [0.4, 0.5) is 28.9 Å². The fourth-order valence-corrected chi connectivity index (χ4v) is 4.26. The molecule has 2 aliphatic heterocycles. The highest BCUT2D eigenvalue weighted by molar-refractivity contribution is 6.23. The second kappa shape index (κ2) is 8.14. The van der Waals surface area contributed by atoms with Crippen LogP contribution in [0.1, 0.15) is 11.6 Å². The first-order valence-corrected chi connectivity index (χ1v) is 10.2. The SMILES string of the molecule is O=C1C2ON(c3ccccc3)C(c3ccc(OC(F)(F)F)cc3)C2C(=O)N1c1ccc(F)cc1. The Morgan fingerprint density at radius 1 is 0.794 bits per heavy atom. The maximum atomic E-state index is 13.4. The quantitative estimate of drug-likeness (QED) is 0.404. The number of ether oxygens (including phenoxy) is 1. The molecule has 0 N–H and O–H groups in total. The van der Waals surface area contributed by atoms with Crippen molar-refractivity contribution in [1.82, 2.24) is 0 Å². The van der Waals surface area contributed by atoms with Gasteiger partial charge in [0.15, 0.2) is 6.10 Å². The van der Waals surface area contributed by atoms with E-state index in [4.69, 9.17) is 4.84 Å². The number of hydroxylamine groups is 1. The van der Waals surface area contributed by atoms with Crippen molar-refractivity contribution in [2.24, 2.45) is 5.92 Å². The topological polar surface area (TPSA) is 59.1 Å². The average molecular weight is 472 g/mol. The molecule has 2 saturated heterocycles. The lowest BCUT2D eigenvalue weighted by atomic mass is 9.90. The number of fused-ring (bicyclic) bond motifs is 1. The molecule has 3 aromatic rings. The molecule has 2 heterocycles. The van der Waals surface area contributed by atoms with Crippen molar-refractivity contribution in [2.75, 3.05) is 9.96 Å². The summed E-state index contributed by atoms with van der Waals surface area (Å²) in [5.41, 5.74) is 1.22. The smallest absolute Gasteiger partial charge is 0.406 e. The van der Waals surface area contributed by atoms with Crippen LogP contribution in [-0.2, 0) is 14.4 Å². The summed E-state index contributed by atoms with van der Waals surface area (Å²) in [7, 11) is 0. The number of hydrogen-bond donors (Lipinski definition) is 0. The highest BCUT2D eigenvalue weighted by Gasteiger charge is 2.60. The first-order valence-electron chi connectivity index (χ1n) is 10.2. The number of rotatable bonds is 4. The number of amides is 2. The summed E-state index contributed by atoms with van der Waals surface area (Å²) < 4.78 is 55.0. The molecule has 10 heteroatoms. The molecule has 3 aromatic carbocycles. The Balaban J connectivity index is 1.53. The zero-order valence-corrected chi connectivity index (χ0v) is 17.3. The Morgan fingerprint density at radius 3 is 2.06 bits per heavy atom. The number of alkyl halides is 3. The van der Waals surface area contributed by atoms with Gasteiger partial charge in [0.1, 0.15) is 17.5 Å². The standard InChI is InChI=1S/C24H16F4N2O4/c25-15-8-10-16(11-9-15)29-22(31)19-20(14-6-12-18(13-7-14)33-24(26,27)28)30(34-21(19)23(29)32)17-4-2-1-3-5-17/h1-13,19-21H. The molecule has 0 saturated carbocycles. The van der Waals surface area contributed by atoms with Gasteiger partial charge in [0.25, 0.3) is 5.91 Å². The Bertz CT molecular complexity index is 1220. The summed E-state index contributed by atoms with van der Waals surface area (Å²) in [6, 6.07) is 17.9. The minimum atomic E-state index is -4.84. The lowest BCUT2D eigenvalue weighted by Crippen LogP contribution is -2.37. The van der Waals surface area contributed by atoms with Crippen LogP contribution in [0.15, 0.2) is 78.9 Å². The lowest BCUT2D eigenvalue weighted by Gasteiger charge is -2.28. The molecule has 34 heavy (non-hydrogen) atoms. The van der Waals surface area contributed by atoms with E-state index >= 15 is 0 Å². The summed E-state index contributed by atoms with van der Waals surface area (Å²) >= 11 is 0. The highest BCUT2D eigenvalue weighted by Crippen LogP contribution is 2.47. The fourth-order valence-electron chi connectivity index (χ4n) is 4.26. The van der Waals surface area contributed by atoms with Gasteiger partial charge in [-0.25, -0.2) is 14.4 Å². The normalized spacial score (nSPS) is 22.3. The van der Waals surface area contributed by atoms with Crippen LogP contribution in [0, 0.1) is 11.7 Å². The van der Waals surface area contributed by atoms with Crippen LogP contribution in [0.3, 0.4) is 0 Å².